The van der Waals surface area contributed by atoms with Gasteiger partial charge in [-0.05, 0) is 36.2 Å². The van der Waals surface area contributed by atoms with Crippen molar-refractivity contribution in [2.24, 2.45) is 5.73 Å². The van der Waals surface area contributed by atoms with Gasteiger partial charge in [0.1, 0.15) is 6.04 Å². The molecule has 114 valence electrons. The predicted octanol–water partition coefficient (Wildman–Crippen LogP) is 1.45. The number of nitrogen functional groups attached to an aromatic ring is 1. The third kappa shape index (κ3) is 4.32. The molecule has 0 amide bonds. The van der Waals surface area contributed by atoms with Gasteiger partial charge in [-0.2, -0.15) is 0 Å². The summed E-state index contributed by atoms with van der Waals surface area (Å²) in [6.07, 6.45) is 0.291. The lowest BCUT2D eigenvalue weighted by atomic mass is 10.1. The molecule has 1 atom stereocenters. The fraction of sp³-hybridized carbons (Fsp3) is 0.125. The Morgan fingerprint density at radius 3 is 2.23 bits per heavy atom. The minimum atomic E-state index is -0.915. The number of nitrogens with two attached hydrogens (primary N) is 2. The van der Waals surface area contributed by atoms with Gasteiger partial charge in [-0.15, -0.1) is 0 Å². The first kappa shape index (κ1) is 15.5. The number of hydrogen-bond donors (Lipinski definition) is 2. The van der Waals surface area contributed by atoms with Gasteiger partial charge in [0.25, 0.3) is 0 Å². The van der Waals surface area contributed by atoms with Gasteiger partial charge in [0.05, 0.1) is 5.56 Å². The first-order valence-corrected chi connectivity index (χ1v) is 6.64. The standard InChI is InChI=1S/C16H16N2O4/c17-13-8-6-12(7-9-13)15(19)21-22-16(20)14(18)10-11-4-2-1-3-5-11/h1-9,14H,10,17-18H2. The van der Waals surface area contributed by atoms with Crippen LogP contribution in [0.25, 0.3) is 0 Å². The summed E-state index contributed by atoms with van der Waals surface area (Å²) in [5, 5.41) is 0. The van der Waals surface area contributed by atoms with Crippen molar-refractivity contribution in [2.75, 3.05) is 5.73 Å². The molecule has 0 saturated carbocycles. The highest BCUT2D eigenvalue weighted by molar-refractivity contribution is 5.90. The van der Waals surface area contributed by atoms with E-state index in [9.17, 15) is 9.59 Å². The fourth-order valence-electron chi connectivity index (χ4n) is 1.76. The molecule has 0 radical (unpaired) electrons. The maximum Gasteiger partial charge on any atom is 0.386 e. The van der Waals surface area contributed by atoms with Crippen LogP contribution in [0.3, 0.4) is 0 Å². The first-order chi connectivity index (χ1) is 10.6. The Hall–Kier alpha value is -2.86. The van der Waals surface area contributed by atoms with E-state index in [0.717, 1.165) is 5.56 Å². The van der Waals surface area contributed by atoms with E-state index in [1.165, 1.54) is 12.1 Å². The predicted molar refractivity (Wildman–Crippen MR) is 80.5 cm³/mol. The number of hydrogen-bond acceptors (Lipinski definition) is 6. The smallest absolute Gasteiger partial charge is 0.386 e. The summed E-state index contributed by atoms with van der Waals surface area (Å²) in [6.45, 7) is 0. The lowest BCUT2D eigenvalue weighted by molar-refractivity contribution is -0.235. The molecule has 6 nitrogen and oxygen atoms in total. The number of anilines is 1. The van der Waals surface area contributed by atoms with Crippen LogP contribution in [0.5, 0.6) is 0 Å². The lowest BCUT2D eigenvalue weighted by Gasteiger charge is -2.09. The Bertz CT molecular complexity index is 641. The number of benzene rings is 2. The Balaban J connectivity index is 1.84. The summed E-state index contributed by atoms with van der Waals surface area (Å²) < 4.78 is 0. The van der Waals surface area contributed by atoms with Crippen LogP contribution in [0.1, 0.15) is 15.9 Å². The average Bonchev–Trinajstić information content (AvgIpc) is 2.53. The van der Waals surface area contributed by atoms with Gasteiger partial charge in [-0.1, -0.05) is 30.3 Å². The molecule has 4 N–H and O–H groups in total. The minimum Gasteiger partial charge on any atom is -0.399 e. The van der Waals surface area contributed by atoms with Crippen molar-refractivity contribution < 1.29 is 19.4 Å². The normalized spacial score (nSPS) is 11.5. The molecule has 2 aromatic rings. The van der Waals surface area contributed by atoms with Crippen LogP contribution in [0.4, 0.5) is 5.69 Å². The highest BCUT2D eigenvalue weighted by atomic mass is 17.2. The van der Waals surface area contributed by atoms with Crippen molar-refractivity contribution in [3.8, 4) is 0 Å². The molecule has 0 spiro atoms. The molecule has 22 heavy (non-hydrogen) atoms. The van der Waals surface area contributed by atoms with Gasteiger partial charge in [-0.3, -0.25) is 0 Å². The van der Waals surface area contributed by atoms with E-state index in [1.807, 2.05) is 30.3 Å². The fourth-order valence-corrected chi connectivity index (χ4v) is 1.76. The topological polar surface area (TPSA) is 105 Å². The molecule has 0 saturated heterocycles. The third-order valence-electron chi connectivity index (χ3n) is 2.95. The summed E-state index contributed by atoms with van der Waals surface area (Å²) in [6, 6.07) is 14.3. The zero-order valence-corrected chi connectivity index (χ0v) is 11.8. The van der Waals surface area contributed by atoms with E-state index < -0.39 is 18.0 Å². The second kappa shape index (κ2) is 7.24. The van der Waals surface area contributed by atoms with Crippen molar-refractivity contribution in [1.29, 1.82) is 0 Å². The van der Waals surface area contributed by atoms with E-state index in [-0.39, 0.29) is 5.56 Å². The Kier molecular flexibility index (Phi) is 5.11. The van der Waals surface area contributed by atoms with Crippen LogP contribution in [0.2, 0.25) is 0 Å². The molecule has 0 aliphatic rings. The maximum absolute atomic E-state index is 11.7. The van der Waals surface area contributed by atoms with Crippen molar-refractivity contribution in [1.82, 2.24) is 0 Å². The van der Waals surface area contributed by atoms with Crippen molar-refractivity contribution in [3.05, 3.63) is 65.7 Å². The zero-order chi connectivity index (χ0) is 15.9. The summed E-state index contributed by atoms with van der Waals surface area (Å²) >= 11 is 0. The number of carbonyl (C=O) groups is 2. The van der Waals surface area contributed by atoms with E-state index >= 15 is 0 Å². The van der Waals surface area contributed by atoms with Crippen LogP contribution < -0.4 is 11.5 Å². The summed E-state index contributed by atoms with van der Waals surface area (Å²) in [5.41, 5.74) is 12.8. The molecule has 0 bridgehead atoms. The Morgan fingerprint density at radius 1 is 0.955 bits per heavy atom. The molecular weight excluding hydrogens is 284 g/mol. The van der Waals surface area contributed by atoms with Crippen LogP contribution in [0, 0.1) is 0 Å². The van der Waals surface area contributed by atoms with E-state index in [4.69, 9.17) is 11.5 Å². The second-order valence-electron chi connectivity index (χ2n) is 4.69. The molecule has 0 aliphatic carbocycles. The van der Waals surface area contributed by atoms with Crippen molar-refractivity contribution in [2.45, 2.75) is 12.5 Å². The van der Waals surface area contributed by atoms with E-state index in [1.54, 1.807) is 12.1 Å². The number of carbonyl (C=O) groups excluding carboxylic acids is 2. The second-order valence-corrected chi connectivity index (χ2v) is 4.69. The molecular formula is C16H16N2O4. The Morgan fingerprint density at radius 2 is 1.59 bits per heavy atom. The van der Waals surface area contributed by atoms with Crippen LogP contribution >= 0.6 is 0 Å². The number of rotatable bonds is 4. The monoisotopic (exact) mass is 300 g/mol. The molecule has 6 heteroatoms. The quantitative estimate of drug-likeness (QED) is 0.503. The SMILES string of the molecule is Nc1ccc(C(=O)OOC(=O)C(N)Cc2ccccc2)cc1. The largest absolute Gasteiger partial charge is 0.399 e. The first-order valence-electron chi connectivity index (χ1n) is 6.64. The van der Waals surface area contributed by atoms with Gasteiger partial charge in [0.15, 0.2) is 0 Å². The Labute approximate surface area is 127 Å². The lowest BCUT2D eigenvalue weighted by Crippen LogP contribution is -2.34. The summed E-state index contributed by atoms with van der Waals surface area (Å²) in [7, 11) is 0. The van der Waals surface area contributed by atoms with Crippen LogP contribution in [-0.2, 0) is 21.0 Å². The third-order valence-corrected chi connectivity index (χ3v) is 2.95. The van der Waals surface area contributed by atoms with Gasteiger partial charge >= 0.3 is 11.9 Å². The van der Waals surface area contributed by atoms with Gasteiger partial charge in [-0.25, -0.2) is 19.4 Å². The summed E-state index contributed by atoms with van der Waals surface area (Å²) in [5.74, 6) is -1.60. The highest BCUT2D eigenvalue weighted by Gasteiger charge is 2.19. The molecule has 0 heterocycles. The molecule has 1 unspecified atom stereocenters. The van der Waals surface area contributed by atoms with E-state index in [0.29, 0.717) is 12.1 Å². The van der Waals surface area contributed by atoms with Crippen LogP contribution in [0.15, 0.2) is 54.6 Å². The van der Waals surface area contributed by atoms with Gasteiger partial charge in [0, 0.05) is 5.69 Å². The highest BCUT2D eigenvalue weighted by Crippen LogP contribution is 2.08. The molecule has 0 fully saturated rings. The zero-order valence-electron chi connectivity index (χ0n) is 11.8. The molecule has 0 aromatic heterocycles. The maximum atomic E-state index is 11.7. The molecule has 0 aliphatic heterocycles. The van der Waals surface area contributed by atoms with E-state index in [2.05, 4.69) is 9.78 Å². The van der Waals surface area contributed by atoms with Crippen molar-refractivity contribution in [3.63, 3.8) is 0 Å². The van der Waals surface area contributed by atoms with Gasteiger partial charge in [0.2, 0.25) is 0 Å². The summed E-state index contributed by atoms with van der Waals surface area (Å²) in [4.78, 5) is 32.3. The van der Waals surface area contributed by atoms with Crippen molar-refractivity contribution >= 4 is 17.6 Å². The van der Waals surface area contributed by atoms with Gasteiger partial charge < -0.3 is 11.5 Å². The average molecular weight is 300 g/mol. The minimum absolute atomic E-state index is 0.221. The molecule has 2 aromatic carbocycles. The van der Waals surface area contributed by atoms with Crippen LogP contribution in [-0.4, -0.2) is 18.0 Å². The molecule has 2 rings (SSSR count).